The summed E-state index contributed by atoms with van der Waals surface area (Å²) in [5, 5.41) is 21.4. The maximum atomic E-state index is 11.1. The monoisotopic (exact) mass is 304 g/mol. The number of carbonyl (C=O) groups excluding carboxylic acids is 1. The highest BCUT2D eigenvalue weighted by atomic mass is 79.9. The zero-order valence-electron chi connectivity index (χ0n) is 8.55. The zero-order chi connectivity index (χ0) is 12.8. The second-order valence-corrected chi connectivity index (χ2v) is 3.76. The minimum atomic E-state index is -0.782. The summed E-state index contributed by atoms with van der Waals surface area (Å²) in [6, 6.07) is 4.13. The van der Waals surface area contributed by atoms with Crippen molar-refractivity contribution in [1.29, 1.82) is 0 Å². The van der Waals surface area contributed by atoms with E-state index in [1.807, 2.05) is 0 Å². The number of benzene rings is 1. The van der Waals surface area contributed by atoms with E-state index in [1.54, 1.807) is 0 Å². The molecule has 8 heteroatoms. The number of ether oxygens (including phenoxy) is 1. The average molecular weight is 305 g/mol. The van der Waals surface area contributed by atoms with Gasteiger partial charge in [-0.15, -0.1) is 0 Å². The van der Waals surface area contributed by atoms with Gasteiger partial charge >= 0.3 is 6.09 Å². The van der Waals surface area contributed by atoms with E-state index in [9.17, 15) is 14.9 Å². The van der Waals surface area contributed by atoms with Gasteiger partial charge in [-0.3, -0.25) is 15.4 Å². The van der Waals surface area contributed by atoms with Crippen LogP contribution in [-0.4, -0.2) is 29.3 Å². The lowest BCUT2D eigenvalue weighted by Crippen LogP contribution is -2.15. The molecule has 17 heavy (non-hydrogen) atoms. The van der Waals surface area contributed by atoms with Gasteiger partial charge < -0.3 is 9.84 Å². The average Bonchev–Trinajstić information content (AvgIpc) is 2.28. The van der Waals surface area contributed by atoms with Crippen molar-refractivity contribution in [1.82, 2.24) is 0 Å². The summed E-state index contributed by atoms with van der Waals surface area (Å²) in [7, 11) is 0. The van der Waals surface area contributed by atoms with E-state index < -0.39 is 11.0 Å². The first-order valence-corrected chi connectivity index (χ1v) is 5.32. The standard InChI is InChI=1S/C9H9BrN2O5/c10-7-2-1-6(5-8(7)12(15)16)11-9(14)17-4-3-13/h1-2,5,13H,3-4H2,(H,11,14). The Labute approximate surface area is 105 Å². The fraction of sp³-hybridized carbons (Fsp3) is 0.222. The van der Waals surface area contributed by atoms with Crippen LogP contribution in [0.25, 0.3) is 0 Å². The van der Waals surface area contributed by atoms with Gasteiger partial charge in [0.05, 0.1) is 21.7 Å². The minimum absolute atomic E-state index is 0.134. The quantitative estimate of drug-likeness (QED) is 0.653. The van der Waals surface area contributed by atoms with Crippen molar-refractivity contribution < 1.29 is 19.6 Å². The summed E-state index contributed by atoms with van der Waals surface area (Å²) in [6.45, 7) is -0.418. The number of hydrogen-bond acceptors (Lipinski definition) is 5. The number of hydrogen-bond donors (Lipinski definition) is 2. The highest BCUT2D eigenvalue weighted by Gasteiger charge is 2.13. The molecule has 0 aliphatic heterocycles. The Kier molecular flexibility index (Phi) is 4.85. The third-order valence-electron chi connectivity index (χ3n) is 1.71. The van der Waals surface area contributed by atoms with Crippen molar-refractivity contribution >= 4 is 33.4 Å². The molecule has 1 rings (SSSR count). The Morgan fingerprint density at radius 2 is 2.29 bits per heavy atom. The number of aliphatic hydroxyl groups excluding tert-OH is 1. The van der Waals surface area contributed by atoms with Crippen LogP contribution in [0.2, 0.25) is 0 Å². The molecule has 92 valence electrons. The topological polar surface area (TPSA) is 102 Å². The van der Waals surface area contributed by atoms with Gasteiger partial charge in [-0.1, -0.05) is 0 Å². The SMILES string of the molecule is O=C(Nc1ccc(Br)c([N+](=O)[O-])c1)OCCO. The Hall–Kier alpha value is -1.67. The van der Waals surface area contributed by atoms with Crippen molar-refractivity contribution in [3.05, 3.63) is 32.8 Å². The first-order chi connectivity index (χ1) is 8.04. The van der Waals surface area contributed by atoms with Gasteiger partial charge in [-0.2, -0.15) is 0 Å². The molecule has 1 aromatic rings. The zero-order valence-corrected chi connectivity index (χ0v) is 10.1. The summed E-state index contributed by atoms with van der Waals surface area (Å²) in [5.41, 5.74) is 0.0767. The highest BCUT2D eigenvalue weighted by Crippen LogP contribution is 2.27. The van der Waals surface area contributed by atoms with Crippen molar-refractivity contribution in [3.8, 4) is 0 Å². The molecule has 0 unspecified atom stereocenters. The van der Waals surface area contributed by atoms with E-state index in [4.69, 9.17) is 5.11 Å². The van der Waals surface area contributed by atoms with Crippen molar-refractivity contribution in [2.45, 2.75) is 0 Å². The predicted octanol–water partition coefficient (Wildman–Crippen LogP) is 1.90. The lowest BCUT2D eigenvalue weighted by molar-refractivity contribution is -0.385. The van der Waals surface area contributed by atoms with Crippen LogP contribution in [-0.2, 0) is 4.74 Å². The van der Waals surface area contributed by atoms with Crippen LogP contribution < -0.4 is 5.32 Å². The Bertz CT molecular complexity index is 437. The number of nitrogens with one attached hydrogen (secondary N) is 1. The molecular weight excluding hydrogens is 296 g/mol. The summed E-state index contributed by atoms with van der Waals surface area (Å²) < 4.78 is 4.86. The summed E-state index contributed by atoms with van der Waals surface area (Å²) in [4.78, 5) is 21.2. The molecule has 0 heterocycles. The molecule has 0 bridgehead atoms. The van der Waals surface area contributed by atoms with E-state index in [2.05, 4.69) is 26.0 Å². The van der Waals surface area contributed by atoms with Gasteiger partial charge in [0.2, 0.25) is 0 Å². The minimum Gasteiger partial charge on any atom is -0.447 e. The van der Waals surface area contributed by atoms with Crippen LogP contribution in [0.3, 0.4) is 0 Å². The largest absolute Gasteiger partial charge is 0.447 e. The summed E-state index contributed by atoms with van der Waals surface area (Å²) in [5.74, 6) is 0. The van der Waals surface area contributed by atoms with Crippen molar-refractivity contribution in [3.63, 3.8) is 0 Å². The summed E-state index contributed by atoms with van der Waals surface area (Å²) >= 11 is 3.02. The molecule has 1 amide bonds. The van der Waals surface area contributed by atoms with E-state index in [0.29, 0.717) is 4.47 Å². The number of amides is 1. The number of nitro benzene ring substituents is 1. The molecule has 0 spiro atoms. The van der Waals surface area contributed by atoms with Gasteiger partial charge in [0.15, 0.2) is 0 Å². The maximum absolute atomic E-state index is 11.1. The fourth-order valence-corrected chi connectivity index (χ4v) is 1.41. The first-order valence-electron chi connectivity index (χ1n) is 4.53. The van der Waals surface area contributed by atoms with Gasteiger partial charge in [-0.25, -0.2) is 4.79 Å². The number of nitrogens with zero attached hydrogens (tertiary/aromatic N) is 1. The summed E-state index contributed by atoms with van der Waals surface area (Å²) in [6.07, 6.45) is -0.782. The number of halogens is 1. The molecule has 0 atom stereocenters. The number of anilines is 1. The lowest BCUT2D eigenvalue weighted by atomic mass is 10.3. The number of nitro groups is 1. The van der Waals surface area contributed by atoms with E-state index in [-0.39, 0.29) is 24.6 Å². The smallest absolute Gasteiger partial charge is 0.411 e. The second kappa shape index (κ2) is 6.16. The highest BCUT2D eigenvalue weighted by molar-refractivity contribution is 9.10. The van der Waals surface area contributed by atoms with Crippen LogP contribution in [0.15, 0.2) is 22.7 Å². The second-order valence-electron chi connectivity index (χ2n) is 2.91. The molecular formula is C9H9BrN2O5. The van der Waals surface area contributed by atoms with Crippen molar-refractivity contribution in [2.75, 3.05) is 18.5 Å². The third-order valence-corrected chi connectivity index (χ3v) is 2.38. The molecule has 2 N–H and O–H groups in total. The Balaban J connectivity index is 2.75. The normalized spacial score (nSPS) is 9.76. The molecule has 0 fully saturated rings. The van der Waals surface area contributed by atoms with Crippen LogP contribution >= 0.6 is 15.9 Å². The van der Waals surface area contributed by atoms with Gasteiger partial charge in [0, 0.05) is 6.07 Å². The lowest BCUT2D eigenvalue weighted by Gasteiger charge is -2.05. The first kappa shape index (κ1) is 13.4. The van der Waals surface area contributed by atoms with Crippen molar-refractivity contribution in [2.24, 2.45) is 0 Å². The van der Waals surface area contributed by atoms with Gasteiger partial charge in [0.1, 0.15) is 6.61 Å². The molecule has 0 saturated carbocycles. The Morgan fingerprint density at radius 3 is 2.88 bits per heavy atom. The van der Waals surface area contributed by atoms with Crippen LogP contribution in [0, 0.1) is 10.1 Å². The van der Waals surface area contributed by atoms with Gasteiger partial charge in [-0.05, 0) is 28.1 Å². The van der Waals surface area contributed by atoms with Crippen LogP contribution in [0.5, 0.6) is 0 Å². The van der Waals surface area contributed by atoms with Crippen LogP contribution in [0.4, 0.5) is 16.2 Å². The predicted molar refractivity (Wildman–Crippen MR) is 62.9 cm³/mol. The number of aliphatic hydroxyl groups is 1. The van der Waals surface area contributed by atoms with E-state index in [0.717, 1.165) is 0 Å². The molecule has 0 aromatic heterocycles. The molecule has 0 aliphatic carbocycles. The molecule has 0 radical (unpaired) electrons. The van der Waals surface area contributed by atoms with Gasteiger partial charge in [0.25, 0.3) is 5.69 Å². The molecule has 1 aromatic carbocycles. The van der Waals surface area contributed by atoms with E-state index >= 15 is 0 Å². The molecule has 0 saturated heterocycles. The Morgan fingerprint density at radius 1 is 1.59 bits per heavy atom. The van der Waals surface area contributed by atoms with Crippen LogP contribution in [0.1, 0.15) is 0 Å². The fourth-order valence-electron chi connectivity index (χ4n) is 1.02. The molecule has 0 aliphatic rings. The third kappa shape index (κ3) is 4.00. The maximum Gasteiger partial charge on any atom is 0.411 e. The number of carbonyl (C=O) groups is 1. The molecule has 7 nitrogen and oxygen atoms in total. The van der Waals surface area contributed by atoms with E-state index in [1.165, 1.54) is 18.2 Å². The number of rotatable bonds is 4.